The molecule has 31 heavy (non-hydrogen) atoms. The van der Waals surface area contributed by atoms with Gasteiger partial charge in [-0.3, -0.25) is 18.8 Å². The van der Waals surface area contributed by atoms with Gasteiger partial charge in [0.15, 0.2) is 0 Å². The van der Waals surface area contributed by atoms with Crippen LogP contribution in [0.15, 0.2) is 49.7 Å². The zero-order valence-corrected chi connectivity index (χ0v) is 18.3. The van der Waals surface area contributed by atoms with Crippen LogP contribution in [0.25, 0.3) is 5.65 Å². The number of pyridine rings is 1. The molecular formula is C23H31N5O3. The zero-order chi connectivity index (χ0) is 22.8. The van der Waals surface area contributed by atoms with Gasteiger partial charge in [-0.05, 0) is 31.4 Å². The maximum absolute atomic E-state index is 12.8. The zero-order valence-electron chi connectivity index (χ0n) is 18.3. The molecule has 0 spiro atoms. The van der Waals surface area contributed by atoms with E-state index in [1.807, 2.05) is 19.9 Å². The van der Waals surface area contributed by atoms with E-state index in [-0.39, 0.29) is 17.7 Å². The molecule has 8 heteroatoms. The molecule has 166 valence electrons. The number of hydrogen-bond acceptors (Lipinski definition) is 4. The number of imidazole rings is 1. The van der Waals surface area contributed by atoms with Crippen molar-refractivity contribution in [2.45, 2.75) is 26.7 Å². The van der Waals surface area contributed by atoms with Crippen LogP contribution in [0.1, 0.15) is 37.2 Å². The first-order valence-corrected chi connectivity index (χ1v) is 10.4. The van der Waals surface area contributed by atoms with Crippen LogP contribution in [0.3, 0.4) is 0 Å². The Bertz CT molecular complexity index is 928. The highest BCUT2D eigenvalue weighted by atomic mass is 16.2. The summed E-state index contributed by atoms with van der Waals surface area (Å²) >= 11 is 0. The van der Waals surface area contributed by atoms with Crippen molar-refractivity contribution < 1.29 is 14.4 Å². The van der Waals surface area contributed by atoms with Crippen LogP contribution in [0.4, 0.5) is 5.82 Å². The van der Waals surface area contributed by atoms with E-state index in [0.29, 0.717) is 49.8 Å². The highest BCUT2D eigenvalue weighted by molar-refractivity contribution is 5.94. The number of carbonyl (C=O) groups is 3. The third-order valence-electron chi connectivity index (χ3n) is 5.04. The first kappa shape index (κ1) is 23.9. The third kappa shape index (κ3) is 6.28. The molecule has 1 atom stereocenters. The summed E-state index contributed by atoms with van der Waals surface area (Å²) in [6.07, 6.45) is 7.78. The van der Waals surface area contributed by atoms with Crippen LogP contribution in [-0.4, -0.2) is 63.6 Å². The molecule has 3 rings (SSSR count). The smallest absolute Gasteiger partial charge is 0.274 e. The van der Waals surface area contributed by atoms with Crippen molar-refractivity contribution in [2.24, 2.45) is 5.92 Å². The molecule has 2 aromatic heterocycles. The summed E-state index contributed by atoms with van der Waals surface area (Å²) in [5.41, 5.74) is 0.923. The molecule has 1 aliphatic heterocycles. The Hall–Kier alpha value is -3.42. The van der Waals surface area contributed by atoms with E-state index in [2.05, 4.69) is 29.5 Å². The maximum atomic E-state index is 12.8. The van der Waals surface area contributed by atoms with Crippen LogP contribution in [0.5, 0.6) is 0 Å². The first-order valence-electron chi connectivity index (χ1n) is 10.4. The van der Waals surface area contributed by atoms with Gasteiger partial charge >= 0.3 is 0 Å². The van der Waals surface area contributed by atoms with Crippen molar-refractivity contribution in [3.63, 3.8) is 0 Å². The monoisotopic (exact) mass is 425 g/mol. The van der Waals surface area contributed by atoms with Gasteiger partial charge in [0.1, 0.15) is 17.2 Å². The van der Waals surface area contributed by atoms with Crippen LogP contribution in [0.2, 0.25) is 0 Å². The molecule has 1 unspecified atom stereocenters. The molecule has 1 aliphatic rings. The first-order chi connectivity index (χ1) is 15.0. The fraction of sp³-hybridized carbons (Fsp3) is 0.391. The molecule has 1 fully saturated rings. The molecule has 2 aromatic rings. The summed E-state index contributed by atoms with van der Waals surface area (Å²) in [5.74, 6) is 0.594. The number of piperazine rings is 1. The fourth-order valence-corrected chi connectivity index (χ4v) is 3.37. The minimum Gasteiger partial charge on any atom is -0.342 e. The van der Waals surface area contributed by atoms with Gasteiger partial charge in [0.25, 0.3) is 5.91 Å². The maximum Gasteiger partial charge on any atom is 0.274 e. The minimum absolute atomic E-state index is 0.0685. The van der Waals surface area contributed by atoms with Crippen molar-refractivity contribution in [1.82, 2.24) is 19.2 Å². The molecule has 0 bridgehead atoms. The van der Waals surface area contributed by atoms with Crippen molar-refractivity contribution in [2.75, 3.05) is 31.5 Å². The van der Waals surface area contributed by atoms with Crippen LogP contribution in [0, 0.1) is 5.92 Å². The van der Waals surface area contributed by atoms with Crippen molar-refractivity contribution >= 4 is 29.7 Å². The van der Waals surface area contributed by atoms with E-state index in [9.17, 15) is 14.4 Å². The number of allylic oxidation sites excluding steroid dienone is 2. The highest BCUT2D eigenvalue weighted by Gasteiger charge is 2.23. The quantitative estimate of drug-likeness (QED) is 0.546. The summed E-state index contributed by atoms with van der Waals surface area (Å²) in [7, 11) is 0. The molecule has 1 N–H and O–H groups in total. The van der Waals surface area contributed by atoms with Gasteiger partial charge in [-0.25, -0.2) is 4.98 Å². The summed E-state index contributed by atoms with van der Waals surface area (Å²) in [4.78, 5) is 43.8. The molecule has 1 saturated heterocycles. The normalized spacial score (nSPS) is 14.8. The molecular weight excluding hydrogens is 394 g/mol. The number of anilines is 1. The topological polar surface area (TPSA) is 87.0 Å². The van der Waals surface area contributed by atoms with Crippen LogP contribution >= 0.6 is 0 Å². The van der Waals surface area contributed by atoms with Crippen molar-refractivity contribution in [3.05, 3.63) is 55.4 Å². The Labute approximate surface area is 183 Å². The number of carbonyl (C=O) groups excluding carboxylic acids is 3. The van der Waals surface area contributed by atoms with E-state index >= 15 is 0 Å². The van der Waals surface area contributed by atoms with Crippen LogP contribution < -0.4 is 5.32 Å². The predicted octanol–water partition coefficient (Wildman–Crippen LogP) is 2.98. The predicted molar refractivity (Wildman–Crippen MR) is 122 cm³/mol. The number of amides is 3. The second-order valence-corrected chi connectivity index (χ2v) is 7.36. The van der Waals surface area contributed by atoms with E-state index in [4.69, 9.17) is 0 Å². The lowest BCUT2D eigenvalue weighted by Gasteiger charge is -2.32. The lowest BCUT2D eigenvalue weighted by molar-refractivity contribution is -0.119. The van der Waals surface area contributed by atoms with E-state index in [0.717, 1.165) is 12.8 Å². The number of aromatic nitrogens is 2. The molecule has 0 aliphatic carbocycles. The largest absolute Gasteiger partial charge is 0.342 e. The molecule has 0 radical (unpaired) electrons. The third-order valence-corrected chi connectivity index (χ3v) is 5.04. The SMILES string of the molecule is C/C=C\CC(C)CC(=O)Nc1cccc2nc(C(=O)N3CCN(C=O)CC3)cn12.C=C. The molecule has 8 nitrogen and oxygen atoms in total. The summed E-state index contributed by atoms with van der Waals surface area (Å²) in [5, 5.41) is 2.93. The highest BCUT2D eigenvalue weighted by Crippen LogP contribution is 2.17. The van der Waals surface area contributed by atoms with Gasteiger partial charge in [0, 0.05) is 38.8 Å². The van der Waals surface area contributed by atoms with Crippen molar-refractivity contribution in [1.29, 1.82) is 0 Å². The lowest BCUT2D eigenvalue weighted by Crippen LogP contribution is -2.48. The number of nitrogens with zero attached hydrogens (tertiary/aromatic N) is 4. The van der Waals surface area contributed by atoms with E-state index in [1.165, 1.54) is 0 Å². The Kier molecular flexibility index (Phi) is 8.99. The Morgan fingerprint density at radius 2 is 1.94 bits per heavy atom. The van der Waals surface area contributed by atoms with E-state index in [1.54, 1.807) is 38.6 Å². The molecule has 3 heterocycles. The summed E-state index contributed by atoms with van der Waals surface area (Å²) in [6, 6.07) is 5.39. The Morgan fingerprint density at radius 3 is 2.58 bits per heavy atom. The van der Waals surface area contributed by atoms with Gasteiger partial charge < -0.3 is 15.1 Å². The number of hydrogen-bond donors (Lipinski definition) is 1. The number of nitrogens with one attached hydrogen (secondary N) is 1. The summed E-state index contributed by atoms with van der Waals surface area (Å²) < 4.78 is 1.73. The van der Waals surface area contributed by atoms with Crippen LogP contribution in [-0.2, 0) is 9.59 Å². The molecule has 0 saturated carbocycles. The van der Waals surface area contributed by atoms with Gasteiger partial charge in [-0.1, -0.05) is 25.1 Å². The average Bonchev–Trinajstić information content (AvgIpc) is 3.24. The minimum atomic E-state index is -0.170. The molecule has 3 amide bonds. The lowest BCUT2D eigenvalue weighted by atomic mass is 10.0. The fourth-order valence-electron chi connectivity index (χ4n) is 3.37. The second-order valence-electron chi connectivity index (χ2n) is 7.36. The van der Waals surface area contributed by atoms with Crippen molar-refractivity contribution in [3.8, 4) is 0 Å². The average molecular weight is 426 g/mol. The van der Waals surface area contributed by atoms with E-state index < -0.39 is 0 Å². The number of fused-ring (bicyclic) bond motifs is 1. The van der Waals surface area contributed by atoms with Gasteiger partial charge in [-0.2, -0.15) is 0 Å². The summed E-state index contributed by atoms with van der Waals surface area (Å²) in [6.45, 7) is 12.0. The second kappa shape index (κ2) is 11.7. The van der Waals surface area contributed by atoms with Gasteiger partial charge in [0.05, 0.1) is 0 Å². The van der Waals surface area contributed by atoms with Gasteiger partial charge in [-0.15, -0.1) is 13.2 Å². The number of rotatable bonds is 7. The standard InChI is InChI=1S/C21H27N5O3.C2H4/c1-3-4-6-16(2)13-20(28)23-19-8-5-7-18-22-17(14-26(18)19)21(29)25-11-9-24(15-27)10-12-25;1-2/h3-5,7-8,14-16H,6,9-13H2,1-2H3,(H,23,28);1-2H2/b4-3-;. The van der Waals surface area contributed by atoms with Gasteiger partial charge in [0.2, 0.25) is 12.3 Å². The Morgan fingerprint density at radius 1 is 1.23 bits per heavy atom. The molecule has 0 aromatic carbocycles. The Balaban J connectivity index is 0.00000166.